The molecule has 1 fully saturated rings. The maximum Gasteiger partial charge on any atom is 0.434 e. The van der Waals surface area contributed by atoms with Crippen LogP contribution in [0.15, 0.2) is 24.3 Å². The first-order valence-electron chi connectivity index (χ1n) is 7.75. The largest absolute Gasteiger partial charge is 0.434 e. The van der Waals surface area contributed by atoms with Gasteiger partial charge in [0.05, 0.1) is 0 Å². The van der Waals surface area contributed by atoms with Crippen molar-refractivity contribution >= 4 is 29.4 Å². The van der Waals surface area contributed by atoms with Gasteiger partial charge in [-0.3, -0.25) is 0 Å². The average molecular weight is 434 g/mol. The van der Waals surface area contributed by atoms with Crippen molar-refractivity contribution in [3.05, 3.63) is 29.3 Å². The van der Waals surface area contributed by atoms with Crippen LogP contribution in [0.4, 0.5) is 41.6 Å². The summed E-state index contributed by atoms with van der Waals surface area (Å²) in [6.07, 6.45) is -17.4. The summed E-state index contributed by atoms with van der Waals surface area (Å²) in [5.41, 5.74) is 0.464. The molecule has 1 heterocycles. The quantitative estimate of drug-likeness (QED) is 0.705. The summed E-state index contributed by atoms with van der Waals surface area (Å²) in [5, 5.41) is 5.45. The Bertz CT molecular complexity index is 690. The zero-order valence-electron chi connectivity index (χ0n) is 13.9. The molecule has 2 N–H and O–H groups in total. The number of likely N-dealkylation sites (tertiary alicyclic amines) is 1. The Morgan fingerprint density at radius 1 is 1.11 bits per heavy atom. The third-order valence-corrected chi connectivity index (χ3v) is 3.93. The summed E-state index contributed by atoms with van der Waals surface area (Å²) in [6, 6.07) is 5.66. The molecule has 0 bridgehead atoms. The summed E-state index contributed by atoms with van der Waals surface area (Å²) in [6.45, 7) is -0.240. The molecular formula is C15H14ClF6N3O3. The van der Waals surface area contributed by atoms with E-state index in [0.29, 0.717) is 15.6 Å². The first-order chi connectivity index (χ1) is 12.9. The summed E-state index contributed by atoms with van der Waals surface area (Å²) in [5.74, 6) is -0.334. The monoisotopic (exact) mass is 433 g/mol. The van der Waals surface area contributed by atoms with E-state index in [4.69, 9.17) is 11.6 Å². The van der Waals surface area contributed by atoms with Gasteiger partial charge in [-0.25, -0.2) is 9.59 Å². The summed E-state index contributed by atoms with van der Waals surface area (Å²) < 4.78 is 77.8. The van der Waals surface area contributed by atoms with Crippen molar-refractivity contribution in [3.8, 4) is 0 Å². The van der Waals surface area contributed by atoms with Gasteiger partial charge in [0.2, 0.25) is 0 Å². The minimum Gasteiger partial charge on any atom is -0.426 e. The number of ether oxygens (including phenoxy) is 1. The van der Waals surface area contributed by atoms with Gasteiger partial charge in [0.15, 0.2) is 0 Å². The lowest BCUT2D eigenvalue weighted by Crippen LogP contribution is -2.56. The molecular weight excluding hydrogens is 420 g/mol. The number of benzene rings is 1. The Morgan fingerprint density at radius 2 is 1.64 bits per heavy atom. The third kappa shape index (κ3) is 6.08. The number of carbonyl (C=O) groups excluding carboxylic acids is 2. The zero-order chi connectivity index (χ0) is 21.1. The fourth-order valence-electron chi connectivity index (χ4n) is 2.29. The molecule has 1 saturated heterocycles. The van der Waals surface area contributed by atoms with Gasteiger partial charge in [-0.15, -0.1) is 0 Å². The van der Waals surface area contributed by atoms with E-state index < -0.39 is 30.6 Å². The molecule has 156 valence electrons. The molecule has 1 aliphatic rings. The maximum atomic E-state index is 12.4. The van der Waals surface area contributed by atoms with Crippen LogP contribution < -0.4 is 10.6 Å². The van der Waals surface area contributed by atoms with E-state index in [1.165, 1.54) is 0 Å². The number of alkyl halides is 6. The Morgan fingerprint density at radius 3 is 2.14 bits per heavy atom. The van der Waals surface area contributed by atoms with E-state index in [1.54, 1.807) is 24.3 Å². The third-order valence-electron chi connectivity index (χ3n) is 3.68. The van der Waals surface area contributed by atoms with Crippen LogP contribution in [-0.2, 0) is 4.74 Å². The lowest BCUT2D eigenvalue weighted by molar-refractivity contribution is -0.309. The van der Waals surface area contributed by atoms with Crippen molar-refractivity contribution in [1.29, 1.82) is 0 Å². The van der Waals surface area contributed by atoms with Crippen molar-refractivity contribution in [1.82, 2.24) is 10.2 Å². The minimum atomic E-state index is -5.76. The van der Waals surface area contributed by atoms with Crippen LogP contribution in [0.1, 0.15) is 0 Å². The standard InChI is InChI=1S/C15H14ClF6N3O3/c16-9-1-3-10(4-2-9)24-12(26)23-5-8-6-25(7-8)13(27)28-11(14(17,18)19)15(20,21)22/h1-4,8,11H,5-7H2,(H2,23,24,26). The summed E-state index contributed by atoms with van der Waals surface area (Å²) >= 11 is 5.70. The van der Waals surface area contributed by atoms with Crippen LogP contribution in [0.3, 0.4) is 0 Å². The first-order valence-corrected chi connectivity index (χ1v) is 8.13. The molecule has 28 heavy (non-hydrogen) atoms. The second-order valence-electron chi connectivity index (χ2n) is 5.96. The van der Waals surface area contributed by atoms with Crippen LogP contribution in [0, 0.1) is 5.92 Å². The molecule has 0 radical (unpaired) electrons. The van der Waals surface area contributed by atoms with Crippen molar-refractivity contribution < 1.29 is 40.7 Å². The number of carbonyl (C=O) groups is 2. The van der Waals surface area contributed by atoms with Gasteiger partial charge in [-0.1, -0.05) is 11.6 Å². The Balaban J connectivity index is 1.74. The van der Waals surface area contributed by atoms with Crippen LogP contribution in [0.25, 0.3) is 0 Å². The van der Waals surface area contributed by atoms with Gasteiger partial charge in [-0.2, -0.15) is 26.3 Å². The maximum absolute atomic E-state index is 12.4. The van der Waals surface area contributed by atoms with Crippen LogP contribution in [-0.4, -0.2) is 55.1 Å². The van der Waals surface area contributed by atoms with Gasteiger partial charge >= 0.3 is 24.5 Å². The predicted octanol–water partition coefficient (Wildman–Crippen LogP) is 4.02. The van der Waals surface area contributed by atoms with Gasteiger partial charge in [0.1, 0.15) is 0 Å². The molecule has 1 aromatic rings. The number of amides is 3. The van der Waals surface area contributed by atoms with Crippen molar-refractivity contribution in [3.63, 3.8) is 0 Å². The lowest BCUT2D eigenvalue weighted by atomic mass is 10.0. The van der Waals surface area contributed by atoms with Crippen molar-refractivity contribution in [2.75, 3.05) is 25.0 Å². The number of halogens is 7. The van der Waals surface area contributed by atoms with Gasteiger partial charge in [-0.05, 0) is 24.3 Å². The molecule has 2 rings (SSSR count). The summed E-state index contributed by atoms with van der Waals surface area (Å²) in [4.78, 5) is 23.9. The van der Waals surface area contributed by atoms with Crippen LogP contribution >= 0.6 is 11.6 Å². The molecule has 0 spiro atoms. The second-order valence-corrected chi connectivity index (χ2v) is 6.40. The number of nitrogens with zero attached hydrogens (tertiary/aromatic N) is 1. The smallest absolute Gasteiger partial charge is 0.426 e. The highest BCUT2D eigenvalue weighted by atomic mass is 35.5. The molecule has 0 atom stereocenters. The molecule has 1 aromatic carbocycles. The van der Waals surface area contributed by atoms with Gasteiger partial charge in [0.25, 0.3) is 6.10 Å². The molecule has 0 aliphatic carbocycles. The minimum absolute atomic E-state index is 0.0607. The SMILES string of the molecule is O=C(NCC1CN(C(=O)OC(C(F)(F)F)C(F)(F)F)C1)Nc1ccc(Cl)cc1. The average Bonchev–Trinajstić information content (AvgIpc) is 2.51. The van der Waals surface area contributed by atoms with Gasteiger partial charge in [0, 0.05) is 36.3 Å². The van der Waals surface area contributed by atoms with E-state index in [2.05, 4.69) is 15.4 Å². The summed E-state index contributed by atoms with van der Waals surface area (Å²) in [7, 11) is 0. The molecule has 1 aliphatic heterocycles. The van der Waals surface area contributed by atoms with E-state index >= 15 is 0 Å². The number of hydrogen-bond donors (Lipinski definition) is 2. The normalized spacial score (nSPS) is 15.2. The number of rotatable bonds is 4. The number of anilines is 1. The topological polar surface area (TPSA) is 70.7 Å². The van der Waals surface area contributed by atoms with E-state index in [9.17, 15) is 35.9 Å². The van der Waals surface area contributed by atoms with E-state index in [1.807, 2.05) is 0 Å². The lowest BCUT2D eigenvalue weighted by Gasteiger charge is -2.39. The number of nitrogens with one attached hydrogen (secondary N) is 2. The highest BCUT2D eigenvalue weighted by Crippen LogP contribution is 2.36. The van der Waals surface area contributed by atoms with E-state index in [0.717, 1.165) is 0 Å². The fourth-order valence-corrected chi connectivity index (χ4v) is 2.41. The van der Waals surface area contributed by atoms with Crippen molar-refractivity contribution in [2.24, 2.45) is 5.92 Å². The predicted molar refractivity (Wildman–Crippen MR) is 85.9 cm³/mol. The first kappa shape index (κ1) is 21.9. The Hall–Kier alpha value is -2.37. The van der Waals surface area contributed by atoms with Crippen LogP contribution in [0.2, 0.25) is 5.02 Å². The molecule has 13 heteroatoms. The number of hydrogen-bond acceptors (Lipinski definition) is 3. The molecule has 6 nitrogen and oxygen atoms in total. The van der Waals surface area contributed by atoms with Crippen molar-refractivity contribution in [2.45, 2.75) is 18.5 Å². The number of urea groups is 1. The molecule has 3 amide bonds. The Labute approximate surface area is 159 Å². The highest BCUT2D eigenvalue weighted by Gasteiger charge is 2.60. The molecule has 0 unspecified atom stereocenters. The Kier molecular flexibility index (Phi) is 6.52. The molecule has 0 aromatic heterocycles. The van der Waals surface area contributed by atoms with E-state index in [-0.39, 0.29) is 25.6 Å². The van der Waals surface area contributed by atoms with Gasteiger partial charge < -0.3 is 20.3 Å². The highest BCUT2D eigenvalue weighted by molar-refractivity contribution is 6.30. The fraction of sp³-hybridized carbons (Fsp3) is 0.467. The molecule has 0 saturated carbocycles. The second kappa shape index (κ2) is 8.33. The zero-order valence-corrected chi connectivity index (χ0v) is 14.7. The van der Waals surface area contributed by atoms with Crippen LogP contribution in [0.5, 0.6) is 0 Å².